The molecule has 1 unspecified atom stereocenters. The molecule has 1 saturated carbocycles. The van der Waals surface area contributed by atoms with Gasteiger partial charge in [0.05, 0.1) is 11.3 Å². The Kier molecular flexibility index (Phi) is 5.29. The smallest absolute Gasteiger partial charge is 0.420 e. The van der Waals surface area contributed by atoms with Gasteiger partial charge in [-0.25, -0.2) is 0 Å². The third-order valence-corrected chi connectivity index (χ3v) is 7.05. The molecule has 7 nitrogen and oxygen atoms in total. The summed E-state index contributed by atoms with van der Waals surface area (Å²) < 4.78 is 49.2. The maximum atomic E-state index is 14.0. The fourth-order valence-corrected chi connectivity index (χ4v) is 5.08. The van der Waals surface area contributed by atoms with E-state index in [1.165, 1.54) is 7.05 Å². The van der Waals surface area contributed by atoms with Gasteiger partial charge < -0.3 is 14.6 Å². The summed E-state index contributed by atoms with van der Waals surface area (Å²) in [5.74, 6) is -0.766. The van der Waals surface area contributed by atoms with Crippen LogP contribution < -0.4 is 5.32 Å². The third kappa shape index (κ3) is 3.93. The zero-order chi connectivity index (χ0) is 23.5. The van der Waals surface area contributed by atoms with Crippen LogP contribution in [0, 0.1) is 11.8 Å². The van der Waals surface area contributed by atoms with Crippen molar-refractivity contribution in [3.05, 3.63) is 28.8 Å². The predicted molar refractivity (Wildman–Crippen MR) is 112 cm³/mol. The van der Waals surface area contributed by atoms with Gasteiger partial charge in [-0.05, 0) is 37.5 Å². The van der Waals surface area contributed by atoms with E-state index < -0.39 is 23.4 Å². The highest BCUT2D eigenvalue weighted by Gasteiger charge is 2.46. The Morgan fingerprint density at radius 3 is 2.52 bits per heavy atom. The second-order valence-corrected chi connectivity index (χ2v) is 9.48. The number of rotatable bonds is 4. The molecule has 1 atom stereocenters. The average Bonchev–Trinajstić information content (AvgIpc) is 3.41. The van der Waals surface area contributed by atoms with Gasteiger partial charge in [-0.15, -0.1) is 0 Å². The molecular formula is C23H27F3N4O3. The number of aromatic nitrogens is 2. The zero-order valence-corrected chi connectivity index (χ0v) is 18.7. The van der Waals surface area contributed by atoms with E-state index in [4.69, 9.17) is 4.42 Å². The van der Waals surface area contributed by atoms with Crippen LogP contribution in [0.1, 0.15) is 66.0 Å². The Morgan fingerprint density at radius 1 is 1.21 bits per heavy atom. The summed E-state index contributed by atoms with van der Waals surface area (Å²) >= 11 is 0. The molecule has 10 heteroatoms. The zero-order valence-electron chi connectivity index (χ0n) is 18.7. The summed E-state index contributed by atoms with van der Waals surface area (Å²) in [6, 6.07) is 0. The number of amides is 2. The van der Waals surface area contributed by atoms with Crippen molar-refractivity contribution in [2.45, 2.75) is 57.7 Å². The van der Waals surface area contributed by atoms with Crippen LogP contribution >= 0.6 is 0 Å². The number of carbonyl (C=O) groups is 2. The van der Waals surface area contributed by atoms with E-state index >= 15 is 0 Å². The van der Waals surface area contributed by atoms with Gasteiger partial charge >= 0.3 is 6.18 Å². The number of piperidine rings is 1. The number of hydrogen-bond acceptors (Lipinski definition) is 4. The average molecular weight is 464 g/mol. The van der Waals surface area contributed by atoms with E-state index in [0.717, 1.165) is 44.3 Å². The predicted octanol–water partition coefficient (Wildman–Crippen LogP) is 3.83. The van der Waals surface area contributed by atoms with Crippen LogP contribution in [0.5, 0.6) is 0 Å². The lowest BCUT2D eigenvalue weighted by Gasteiger charge is -2.32. The molecule has 3 heterocycles. The largest absolute Gasteiger partial charge is 0.455 e. The first kappa shape index (κ1) is 22.0. The molecule has 0 aromatic carbocycles. The van der Waals surface area contributed by atoms with Gasteiger partial charge in [0.1, 0.15) is 11.3 Å². The number of carbonyl (C=O) groups excluding carboxylic acids is 2. The van der Waals surface area contributed by atoms with Crippen LogP contribution in [0.15, 0.2) is 10.6 Å². The van der Waals surface area contributed by atoms with Crippen molar-refractivity contribution in [3.63, 3.8) is 0 Å². The second kappa shape index (κ2) is 7.92. The molecule has 0 bridgehead atoms. The lowest BCUT2D eigenvalue weighted by Crippen LogP contribution is -2.40. The minimum atomic E-state index is -4.75. The first-order chi connectivity index (χ1) is 15.7. The molecule has 5 rings (SSSR count). The molecule has 2 fully saturated rings. The molecule has 0 radical (unpaired) electrons. The summed E-state index contributed by atoms with van der Waals surface area (Å²) in [6.07, 6.45) is 1.05. The number of furan rings is 1. The molecule has 2 aromatic heterocycles. The highest BCUT2D eigenvalue weighted by atomic mass is 19.4. The maximum absolute atomic E-state index is 14.0. The van der Waals surface area contributed by atoms with Crippen LogP contribution in [0.4, 0.5) is 13.2 Å². The van der Waals surface area contributed by atoms with Gasteiger partial charge in [-0.1, -0.05) is 6.92 Å². The Labute approximate surface area is 189 Å². The fourth-order valence-electron chi connectivity index (χ4n) is 5.08. The molecule has 2 amide bonds. The van der Waals surface area contributed by atoms with Crippen LogP contribution in [0.25, 0.3) is 11.3 Å². The number of halogens is 3. The maximum Gasteiger partial charge on any atom is 0.420 e. The monoisotopic (exact) mass is 464 g/mol. The Morgan fingerprint density at radius 2 is 1.91 bits per heavy atom. The molecule has 1 N–H and O–H groups in total. The van der Waals surface area contributed by atoms with E-state index in [-0.39, 0.29) is 41.2 Å². The van der Waals surface area contributed by atoms with Crippen molar-refractivity contribution in [3.8, 4) is 11.3 Å². The number of hydrogen-bond donors (Lipinski definition) is 1. The molecule has 0 spiro atoms. The van der Waals surface area contributed by atoms with Crippen molar-refractivity contribution in [1.82, 2.24) is 20.0 Å². The SMILES string of the molecule is CNC(=O)c1oc2c(c1C(F)(F)F)-c1nn(CC3CCN(C(=O)C4CC4)CC3)cc1C(C)C2. The normalized spacial score (nSPS) is 21.0. The van der Waals surface area contributed by atoms with E-state index in [2.05, 4.69) is 10.4 Å². The molecule has 1 aliphatic heterocycles. The van der Waals surface area contributed by atoms with Crippen LogP contribution in [-0.4, -0.2) is 46.6 Å². The van der Waals surface area contributed by atoms with Crippen molar-refractivity contribution in [1.29, 1.82) is 0 Å². The first-order valence-electron chi connectivity index (χ1n) is 11.5. The van der Waals surface area contributed by atoms with E-state index in [9.17, 15) is 22.8 Å². The third-order valence-electron chi connectivity index (χ3n) is 7.05. The summed E-state index contributed by atoms with van der Waals surface area (Å²) in [6.45, 7) is 3.95. The molecule has 2 aromatic rings. The number of nitrogens with zero attached hydrogens (tertiary/aromatic N) is 3. The van der Waals surface area contributed by atoms with Gasteiger partial charge in [-0.3, -0.25) is 14.3 Å². The molecular weight excluding hydrogens is 437 g/mol. The van der Waals surface area contributed by atoms with E-state index in [0.29, 0.717) is 12.5 Å². The van der Waals surface area contributed by atoms with Gasteiger partial charge in [0.15, 0.2) is 0 Å². The lowest BCUT2D eigenvalue weighted by molar-refractivity contribution is -0.138. The summed E-state index contributed by atoms with van der Waals surface area (Å²) in [5.41, 5.74) is -0.185. The summed E-state index contributed by atoms with van der Waals surface area (Å²) in [5, 5.41) is 6.78. The fraction of sp³-hybridized carbons (Fsp3) is 0.609. The minimum Gasteiger partial charge on any atom is -0.455 e. The van der Waals surface area contributed by atoms with Crippen LogP contribution in [0.3, 0.4) is 0 Å². The van der Waals surface area contributed by atoms with Crippen molar-refractivity contribution in [2.75, 3.05) is 20.1 Å². The highest BCUT2D eigenvalue weighted by Crippen LogP contribution is 2.48. The molecule has 3 aliphatic rings. The molecule has 33 heavy (non-hydrogen) atoms. The first-order valence-corrected chi connectivity index (χ1v) is 11.5. The Balaban J connectivity index is 1.41. The topological polar surface area (TPSA) is 80.4 Å². The standard InChI is InChI=1S/C23H27F3N4O3/c1-12-9-16-17(18(23(24,25)26)20(33-16)21(31)27-2)19-15(12)11-30(28-19)10-13-5-7-29(8-6-13)22(32)14-3-4-14/h11-14H,3-10H2,1-2H3,(H,27,31). The van der Waals surface area contributed by atoms with Gasteiger partial charge in [0.2, 0.25) is 11.7 Å². The number of fused-ring (bicyclic) bond motifs is 3. The molecule has 2 aliphatic carbocycles. The van der Waals surface area contributed by atoms with Gasteiger partial charge in [0, 0.05) is 50.8 Å². The number of nitrogens with one attached hydrogen (secondary N) is 1. The Hall–Kier alpha value is -2.78. The molecule has 178 valence electrons. The van der Waals surface area contributed by atoms with Crippen molar-refractivity contribution in [2.24, 2.45) is 11.8 Å². The van der Waals surface area contributed by atoms with Crippen LogP contribution in [0.2, 0.25) is 0 Å². The quantitative estimate of drug-likeness (QED) is 0.746. The van der Waals surface area contributed by atoms with Gasteiger partial charge in [0.25, 0.3) is 5.91 Å². The Bertz CT molecular complexity index is 1090. The lowest BCUT2D eigenvalue weighted by atomic mass is 9.86. The van der Waals surface area contributed by atoms with Gasteiger partial charge in [-0.2, -0.15) is 18.3 Å². The second-order valence-electron chi connectivity index (χ2n) is 9.48. The molecule has 1 saturated heterocycles. The van der Waals surface area contributed by atoms with Crippen molar-refractivity contribution >= 4 is 11.8 Å². The summed E-state index contributed by atoms with van der Waals surface area (Å²) in [4.78, 5) is 26.3. The van der Waals surface area contributed by atoms with Crippen molar-refractivity contribution < 1.29 is 27.2 Å². The number of likely N-dealkylation sites (tertiary alicyclic amines) is 1. The minimum absolute atomic E-state index is 0.0796. The van der Waals surface area contributed by atoms with E-state index in [1.54, 1.807) is 4.68 Å². The number of alkyl halides is 3. The van der Waals surface area contributed by atoms with E-state index in [1.807, 2.05) is 18.0 Å². The van der Waals surface area contributed by atoms with Crippen LogP contribution in [-0.2, 0) is 23.9 Å². The highest BCUT2D eigenvalue weighted by molar-refractivity contribution is 5.96. The summed E-state index contributed by atoms with van der Waals surface area (Å²) in [7, 11) is 1.27.